The van der Waals surface area contributed by atoms with Crippen LogP contribution in [0.2, 0.25) is 0 Å². The van der Waals surface area contributed by atoms with E-state index >= 15 is 4.79 Å². The molecule has 16 heteroatoms. The van der Waals surface area contributed by atoms with Crippen LogP contribution in [0.15, 0.2) is 48.9 Å². The van der Waals surface area contributed by atoms with Gasteiger partial charge in [-0.1, -0.05) is 24.6 Å². The minimum absolute atomic E-state index is 0.0612. The number of anilines is 3. The van der Waals surface area contributed by atoms with Crippen molar-refractivity contribution in [3.8, 4) is 11.3 Å². The van der Waals surface area contributed by atoms with Gasteiger partial charge in [-0.05, 0) is 140 Å². The SMILES string of the molecule is CC(C)n1cnc2cc(-c3ccc4c(c3)N(C3CC(N5CCCCC5)C3)C(=O)C43CCN(C(=O)C4CCN(C(=O)C5CCN(c6ccc(C7CCC(=O)NC7=O)cn6)CC5)CC4)CC3)nc(NC3CC3)c21. The zero-order chi connectivity index (χ0) is 48.5. The third-order valence-electron chi connectivity index (χ3n) is 17.7. The van der Waals surface area contributed by atoms with Gasteiger partial charge in [-0.25, -0.2) is 15.0 Å². The largest absolute Gasteiger partial charge is 0.366 e. The Hall–Kier alpha value is -5.90. The molecule has 9 heterocycles. The minimum Gasteiger partial charge on any atom is -0.366 e. The summed E-state index contributed by atoms with van der Waals surface area (Å²) in [5.41, 5.74) is 6.04. The fourth-order valence-electron chi connectivity index (χ4n) is 13.2. The molecule has 7 fully saturated rings. The summed E-state index contributed by atoms with van der Waals surface area (Å²) in [5.74, 6) is 1.20. The number of likely N-dealkylation sites (tertiary alicyclic amines) is 3. The van der Waals surface area contributed by atoms with Gasteiger partial charge in [-0.3, -0.25) is 29.3 Å². The van der Waals surface area contributed by atoms with Crippen molar-refractivity contribution in [2.45, 2.75) is 146 Å². The van der Waals surface area contributed by atoms with E-state index in [1.807, 2.05) is 28.3 Å². The third-order valence-corrected chi connectivity index (χ3v) is 17.7. The molecule has 0 radical (unpaired) electrons. The number of carbonyl (C=O) groups is 5. The molecule has 0 bridgehead atoms. The van der Waals surface area contributed by atoms with E-state index in [-0.39, 0.29) is 59.4 Å². The van der Waals surface area contributed by atoms with Crippen molar-refractivity contribution in [2.24, 2.45) is 11.8 Å². The van der Waals surface area contributed by atoms with Gasteiger partial charge in [0.1, 0.15) is 11.3 Å². The first kappa shape index (κ1) is 46.2. The number of nitrogens with zero attached hydrogens (tertiary/aromatic N) is 9. The summed E-state index contributed by atoms with van der Waals surface area (Å²) >= 11 is 0. The third kappa shape index (κ3) is 8.54. The molecule has 8 aliphatic rings. The first-order valence-corrected chi connectivity index (χ1v) is 27.0. The van der Waals surface area contributed by atoms with Crippen molar-refractivity contribution in [1.29, 1.82) is 0 Å². The Labute approximate surface area is 416 Å². The molecule has 12 rings (SSSR count). The summed E-state index contributed by atoms with van der Waals surface area (Å²) in [6.45, 7) is 10.3. The lowest BCUT2D eigenvalue weighted by atomic mass is 9.73. The maximum absolute atomic E-state index is 15.2. The second-order valence-electron chi connectivity index (χ2n) is 22.4. The highest BCUT2D eigenvalue weighted by Gasteiger charge is 2.56. The van der Waals surface area contributed by atoms with E-state index in [4.69, 9.17) is 9.97 Å². The molecule has 1 unspecified atom stereocenters. The Bertz CT molecular complexity index is 2720. The van der Waals surface area contributed by atoms with E-state index in [1.165, 1.54) is 19.3 Å². The zero-order valence-corrected chi connectivity index (χ0v) is 41.5. The number of hydrogen-bond donors (Lipinski definition) is 2. The van der Waals surface area contributed by atoms with E-state index < -0.39 is 5.41 Å². The predicted molar refractivity (Wildman–Crippen MR) is 271 cm³/mol. The molecule has 2 saturated carbocycles. The van der Waals surface area contributed by atoms with Gasteiger partial charge in [-0.2, -0.15) is 0 Å². The molecule has 71 heavy (non-hydrogen) atoms. The molecule has 1 atom stereocenters. The number of imide groups is 1. The maximum atomic E-state index is 15.2. The van der Waals surface area contributed by atoms with Gasteiger partial charge in [0.15, 0.2) is 5.82 Å². The Morgan fingerprint density at radius 1 is 0.761 bits per heavy atom. The van der Waals surface area contributed by atoms with E-state index in [9.17, 15) is 19.2 Å². The summed E-state index contributed by atoms with van der Waals surface area (Å²) in [5, 5.41) is 6.13. The van der Waals surface area contributed by atoms with Crippen LogP contribution in [0.4, 0.5) is 17.3 Å². The number of piperidine rings is 5. The fourth-order valence-corrected chi connectivity index (χ4v) is 13.2. The summed E-state index contributed by atoms with van der Waals surface area (Å²) in [6, 6.07) is 13.9. The number of pyridine rings is 2. The first-order chi connectivity index (χ1) is 34.5. The molecule has 1 spiro atoms. The lowest BCUT2D eigenvalue weighted by molar-refractivity contribution is -0.144. The first-order valence-electron chi connectivity index (χ1n) is 27.0. The summed E-state index contributed by atoms with van der Waals surface area (Å²) in [6.07, 6.45) is 16.5. The number of amides is 5. The summed E-state index contributed by atoms with van der Waals surface area (Å²) < 4.78 is 2.20. The second-order valence-corrected chi connectivity index (χ2v) is 22.4. The Morgan fingerprint density at radius 2 is 1.46 bits per heavy atom. The molecule has 2 N–H and O–H groups in total. The van der Waals surface area contributed by atoms with E-state index in [0.717, 1.165) is 115 Å². The van der Waals surface area contributed by atoms with Gasteiger partial charge in [0.05, 0.1) is 28.9 Å². The minimum atomic E-state index is -0.673. The Kier molecular flexibility index (Phi) is 12.1. The number of aromatic nitrogens is 4. The van der Waals surface area contributed by atoms with E-state index in [0.29, 0.717) is 76.8 Å². The van der Waals surface area contributed by atoms with Crippen molar-refractivity contribution in [3.05, 3.63) is 60.0 Å². The van der Waals surface area contributed by atoms with Gasteiger partial charge in [0, 0.05) is 99.1 Å². The van der Waals surface area contributed by atoms with Gasteiger partial charge >= 0.3 is 0 Å². The molecule has 5 amide bonds. The average molecular weight is 964 g/mol. The maximum Gasteiger partial charge on any atom is 0.238 e. The molecule has 5 saturated heterocycles. The molecule has 1 aromatic carbocycles. The number of imidazole rings is 1. The number of carbonyl (C=O) groups excluding carboxylic acids is 5. The molecule has 16 nitrogen and oxygen atoms in total. The standard InChI is InChI=1S/C55H69N11O5/c1-34(2)65-33-57-45-31-44(59-50(49(45)65)58-39-8-9-39)37-6-11-43-46(28-37)66(41-29-40(30-41)61-20-4-3-5-21-61)54(71)55(43)18-26-64(27-19-55)53(70)36-16-24-63(25-17-36)52(69)35-14-22-62(23-15-35)47-12-7-38(32-56-47)42-10-13-48(67)60-51(42)68/h6-7,11-12,28,31-36,39-42H,3-5,8-10,13-27,29-30H2,1-2H3,(H,58,59)(H,60,67,68). The number of benzene rings is 1. The van der Waals surface area contributed by atoms with Crippen LogP contribution < -0.4 is 20.4 Å². The zero-order valence-electron chi connectivity index (χ0n) is 41.5. The smallest absolute Gasteiger partial charge is 0.238 e. The predicted octanol–water partition coefficient (Wildman–Crippen LogP) is 6.55. The highest BCUT2D eigenvalue weighted by molar-refractivity contribution is 6.09. The second kappa shape index (κ2) is 18.6. The van der Waals surface area contributed by atoms with Crippen LogP contribution in [-0.4, -0.2) is 134 Å². The van der Waals surface area contributed by atoms with Crippen molar-refractivity contribution in [3.63, 3.8) is 0 Å². The van der Waals surface area contributed by atoms with Gasteiger partial charge in [0.25, 0.3) is 0 Å². The van der Waals surface area contributed by atoms with Crippen LogP contribution in [0.25, 0.3) is 22.3 Å². The van der Waals surface area contributed by atoms with Crippen molar-refractivity contribution in [1.82, 2.24) is 39.5 Å². The molecule has 3 aromatic heterocycles. The lowest BCUT2D eigenvalue weighted by Gasteiger charge is -2.48. The molecule has 374 valence electrons. The van der Waals surface area contributed by atoms with Crippen LogP contribution in [0, 0.1) is 11.8 Å². The van der Waals surface area contributed by atoms with Crippen molar-refractivity contribution in [2.75, 3.05) is 67.5 Å². The fraction of sp³-hybridized carbons (Fsp3) is 0.600. The van der Waals surface area contributed by atoms with Crippen LogP contribution in [-0.2, 0) is 29.4 Å². The normalized spacial score (nSPS) is 25.5. The molecule has 4 aromatic rings. The molecular formula is C55H69N11O5. The Morgan fingerprint density at radius 3 is 2.13 bits per heavy atom. The quantitative estimate of drug-likeness (QED) is 0.166. The van der Waals surface area contributed by atoms with Gasteiger partial charge < -0.3 is 34.4 Å². The van der Waals surface area contributed by atoms with Crippen LogP contribution in [0.3, 0.4) is 0 Å². The van der Waals surface area contributed by atoms with E-state index in [2.05, 4.69) is 73.0 Å². The van der Waals surface area contributed by atoms with E-state index in [1.54, 1.807) is 6.20 Å². The van der Waals surface area contributed by atoms with Gasteiger partial charge in [-0.15, -0.1) is 0 Å². The van der Waals surface area contributed by atoms with Crippen LogP contribution in [0.1, 0.15) is 133 Å². The number of nitrogens with one attached hydrogen (secondary N) is 2. The monoisotopic (exact) mass is 964 g/mol. The molecular weight excluding hydrogens is 895 g/mol. The van der Waals surface area contributed by atoms with Gasteiger partial charge in [0.2, 0.25) is 29.5 Å². The summed E-state index contributed by atoms with van der Waals surface area (Å²) in [7, 11) is 0. The number of rotatable bonds is 10. The van der Waals surface area contributed by atoms with Crippen molar-refractivity contribution >= 4 is 57.9 Å². The van der Waals surface area contributed by atoms with Crippen LogP contribution >= 0.6 is 0 Å². The highest BCUT2D eigenvalue weighted by Crippen LogP contribution is 2.52. The number of hydrogen-bond acceptors (Lipinski definition) is 11. The van der Waals surface area contributed by atoms with Crippen molar-refractivity contribution < 1.29 is 24.0 Å². The van der Waals surface area contributed by atoms with Crippen LogP contribution in [0.5, 0.6) is 0 Å². The summed E-state index contributed by atoms with van der Waals surface area (Å²) in [4.78, 5) is 93.1. The topological polar surface area (TPSA) is 169 Å². The number of fused-ring (bicyclic) bond motifs is 3. The molecule has 6 aliphatic heterocycles. The lowest BCUT2D eigenvalue weighted by Crippen LogP contribution is -2.58. The average Bonchev–Trinajstić information content (AvgIpc) is 4.05. The molecule has 2 aliphatic carbocycles. The highest BCUT2D eigenvalue weighted by atomic mass is 16.2. The Balaban J connectivity index is 0.695.